The van der Waals surface area contributed by atoms with Crippen molar-refractivity contribution in [3.63, 3.8) is 0 Å². The highest BCUT2D eigenvalue weighted by Gasteiger charge is 2.42. The van der Waals surface area contributed by atoms with Crippen LogP contribution in [0.25, 0.3) is 0 Å². The molecule has 1 aromatic heterocycles. The highest BCUT2D eigenvalue weighted by atomic mass is 28.1. The van der Waals surface area contributed by atoms with Crippen LogP contribution in [0.1, 0.15) is 26.5 Å². The maximum atomic E-state index is 5.90. The second-order valence-electron chi connectivity index (χ2n) is 3.85. The smallest absolute Gasteiger partial charge is 0.235 e. The lowest BCUT2D eigenvalue weighted by molar-refractivity contribution is -0.281. The Hall–Kier alpha value is -0.753. The Bertz CT molecular complexity index is 328. The van der Waals surface area contributed by atoms with Crippen LogP contribution in [0.4, 0.5) is 0 Å². The van der Waals surface area contributed by atoms with Crippen LogP contribution in [0.5, 0.6) is 0 Å². The third-order valence-corrected chi connectivity index (χ3v) is 3.78. The van der Waals surface area contributed by atoms with E-state index in [4.69, 9.17) is 14.2 Å². The molecule has 102 valence electrons. The van der Waals surface area contributed by atoms with Gasteiger partial charge in [0, 0.05) is 36.3 Å². The summed E-state index contributed by atoms with van der Waals surface area (Å²) in [7, 11) is 0.807. The topological polar surface area (TPSA) is 40.6 Å². The molecule has 0 spiro atoms. The molecule has 0 fully saturated rings. The van der Waals surface area contributed by atoms with E-state index >= 15 is 0 Å². The van der Waals surface area contributed by atoms with Crippen LogP contribution in [0, 0.1) is 0 Å². The lowest BCUT2D eigenvalue weighted by Gasteiger charge is -2.37. The van der Waals surface area contributed by atoms with Gasteiger partial charge in [0.05, 0.1) is 5.73 Å². The van der Waals surface area contributed by atoms with E-state index in [1.54, 1.807) is 6.20 Å². The number of nitrogens with zero attached hydrogens (tertiary/aromatic N) is 1. The second kappa shape index (κ2) is 7.63. The van der Waals surface area contributed by atoms with E-state index in [0.717, 1.165) is 15.9 Å². The lowest BCUT2D eigenvalue weighted by Crippen LogP contribution is -2.47. The molecule has 1 aromatic rings. The normalized spacial score (nSPS) is 13.7. The Balaban J connectivity index is 3.11. The minimum atomic E-state index is -0.868. The highest BCUT2D eigenvalue weighted by Crippen LogP contribution is 2.30. The first-order valence-corrected chi connectivity index (χ1v) is 7.67. The summed E-state index contributed by atoms with van der Waals surface area (Å²) in [6.07, 6.45) is 1.75. The van der Waals surface area contributed by atoms with E-state index < -0.39 is 5.79 Å². The van der Waals surface area contributed by atoms with Gasteiger partial charge in [-0.2, -0.15) is 0 Å². The summed E-state index contributed by atoms with van der Waals surface area (Å²) in [5.41, 5.74) is 0.694. The first-order chi connectivity index (χ1) is 8.71. The van der Waals surface area contributed by atoms with E-state index in [1.165, 1.54) is 0 Å². The van der Waals surface area contributed by atoms with E-state index in [1.807, 2.05) is 39.0 Å². The Morgan fingerprint density at radius 3 is 2.28 bits per heavy atom. The molecule has 0 aromatic carbocycles. The fraction of sp³-hybridized carbons (Fsp3) is 0.615. The molecular weight excluding hydrogens is 246 g/mol. The van der Waals surface area contributed by atoms with Gasteiger partial charge in [-0.1, -0.05) is 6.07 Å². The van der Waals surface area contributed by atoms with Crippen molar-refractivity contribution in [1.29, 1.82) is 0 Å². The molecule has 0 bridgehead atoms. The van der Waals surface area contributed by atoms with Crippen LogP contribution >= 0.6 is 0 Å². The zero-order chi connectivity index (χ0) is 13.4. The first kappa shape index (κ1) is 15.3. The van der Waals surface area contributed by atoms with Gasteiger partial charge >= 0.3 is 0 Å². The van der Waals surface area contributed by atoms with Gasteiger partial charge in [0.15, 0.2) is 0 Å². The number of rotatable bonds is 8. The summed E-state index contributed by atoms with van der Waals surface area (Å²) < 4.78 is 17.5. The number of ether oxygens (including phenoxy) is 3. The fourth-order valence-corrected chi connectivity index (χ4v) is 2.95. The maximum absolute atomic E-state index is 5.90. The second-order valence-corrected chi connectivity index (χ2v) is 4.89. The Morgan fingerprint density at radius 1 is 1.17 bits per heavy atom. The molecule has 18 heavy (non-hydrogen) atoms. The molecular formula is C13H23NO3Si. The minimum absolute atomic E-state index is 0.0858. The van der Waals surface area contributed by atoms with Crippen LogP contribution in [0.2, 0.25) is 0 Å². The first-order valence-electron chi connectivity index (χ1n) is 6.52. The van der Waals surface area contributed by atoms with Gasteiger partial charge in [-0.15, -0.1) is 0 Å². The molecule has 0 aliphatic rings. The van der Waals surface area contributed by atoms with E-state index in [9.17, 15) is 0 Å². The largest absolute Gasteiger partial charge is 0.377 e. The van der Waals surface area contributed by atoms with E-state index in [2.05, 4.69) is 4.98 Å². The number of aromatic nitrogens is 1. The summed E-state index contributed by atoms with van der Waals surface area (Å²) >= 11 is 0. The fourth-order valence-electron chi connectivity index (χ4n) is 1.99. The lowest BCUT2D eigenvalue weighted by atomic mass is 10.1. The van der Waals surface area contributed by atoms with Crippen LogP contribution in [0.3, 0.4) is 0 Å². The zero-order valence-electron chi connectivity index (χ0n) is 11.7. The molecule has 1 rings (SSSR count). The quantitative estimate of drug-likeness (QED) is 0.522. The predicted octanol–water partition coefficient (Wildman–Crippen LogP) is 1.04. The molecule has 1 heterocycles. The summed E-state index contributed by atoms with van der Waals surface area (Å²) in [5.74, 6) is -0.868. The summed E-state index contributed by atoms with van der Waals surface area (Å²) in [4.78, 5) is 4.38. The number of pyridine rings is 1. The molecule has 1 atom stereocenters. The van der Waals surface area contributed by atoms with Gasteiger partial charge in [-0.3, -0.25) is 4.98 Å². The maximum Gasteiger partial charge on any atom is 0.235 e. The molecule has 5 heteroatoms. The van der Waals surface area contributed by atoms with Crippen molar-refractivity contribution in [3.8, 4) is 0 Å². The van der Waals surface area contributed by atoms with Gasteiger partial charge in [-0.25, -0.2) is 0 Å². The van der Waals surface area contributed by atoms with Gasteiger partial charge in [-0.05, 0) is 32.9 Å². The summed E-state index contributed by atoms with van der Waals surface area (Å²) in [6.45, 7) is 7.65. The van der Waals surface area contributed by atoms with Crippen molar-refractivity contribution in [2.24, 2.45) is 0 Å². The standard InChI is InChI=1S/C13H23NO3Si/c1-4-15-12(18)13(16-5-2,17-6-3)11-9-7-8-10-14-11/h7-10,12H,4-6H2,1-3,18H3. The molecule has 0 saturated heterocycles. The molecule has 0 radical (unpaired) electrons. The third-order valence-electron chi connectivity index (χ3n) is 2.69. The summed E-state index contributed by atoms with van der Waals surface area (Å²) in [5, 5.41) is 0. The van der Waals surface area contributed by atoms with Crippen molar-refractivity contribution >= 4 is 10.2 Å². The molecule has 0 amide bonds. The highest BCUT2D eigenvalue weighted by molar-refractivity contribution is 6.11. The third kappa shape index (κ3) is 3.38. The molecule has 0 N–H and O–H groups in total. The van der Waals surface area contributed by atoms with Gasteiger partial charge < -0.3 is 14.2 Å². The molecule has 0 aliphatic carbocycles. The molecule has 0 saturated carbocycles. The Morgan fingerprint density at radius 2 is 1.83 bits per heavy atom. The SMILES string of the molecule is CCOC([SiH3])C(OCC)(OCC)c1ccccn1. The van der Waals surface area contributed by atoms with Crippen molar-refractivity contribution in [3.05, 3.63) is 30.1 Å². The average Bonchev–Trinajstić information content (AvgIpc) is 2.39. The monoisotopic (exact) mass is 269 g/mol. The Kier molecular flexibility index (Phi) is 6.49. The van der Waals surface area contributed by atoms with Gasteiger partial charge in [0.1, 0.15) is 5.69 Å². The number of hydrogen-bond acceptors (Lipinski definition) is 4. The van der Waals surface area contributed by atoms with Crippen LogP contribution in [0.15, 0.2) is 24.4 Å². The molecule has 4 nitrogen and oxygen atoms in total. The molecule has 1 unspecified atom stereocenters. The van der Waals surface area contributed by atoms with Crippen LogP contribution < -0.4 is 0 Å². The van der Waals surface area contributed by atoms with Crippen molar-refractivity contribution in [2.75, 3.05) is 19.8 Å². The Labute approximate surface area is 112 Å². The predicted molar refractivity (Wildman–Crippen MR) is 74.5 cm³/mol. The van der Waals surface area contributed by atoms with Crippen molar-refractivity contribution < 1.29 is 14.2 Å². The van der Waals surface area contributed by atoms with E-state index in [0.29, 0.717) is 19.8 Å². The van der Waals surface area contributed by atoms with Gasteiger partial charge in [0.2, 0.25) is 5.79 Å². The zero-order valence-corrected chi connectivity index (χ0v) is 13.7. The van der Waals surface area contributed by atoms with Crippen LogP contribution in [-0.4, -0.2) is 40.8 Å². The minimum Gasteiger partial charge on any atom is -0.377 e. The van der Waals surface area contributed by atoms with Crippen molar-refractivity contribution in [2.45, 2.75) is 32.3 Å². The molecule has 0 aliphatic heterocycles. The number of hydrogen-bond donors (Lipinski definition) is 0. The van der Waals surface area contributed by atoms with Crippen LogP contribution in [-0.2, 0) is 20.0 Å². The van der Waals surface area contributed by atoms with Gasteiger partial charge in [0.25, 0.3) is 0 Å². The van der Waals surface area contributed by atoms with E-state index in [-0.39, 0.29) is 5.73 Å². The average molecular weight is 269 g/mol. The van der Waals surface area contributed by atoms with Crippen molar-refractivity contribution in [1.82, 2.24) is 4.98 Å². The summed E-state index contributed by atoms with van der Waals surface area (Å²) in [6, 6.07) is 5.75.